The lowest BCUT2D eigenvalue weighted by molar-refractivity contribution is 0.250. The summed E-state index contributed by atoms with van der Waals surface area (Å²) < 4.78 is 1.17. The van der Waals surface area contributed by atoms with Crippen molar-refractivity contribution in [3.05, 3.63) is 56.7 Å². The normalized spacial score (nSPS) is 12.8. The predicted octanol–water partition coefficient (Wildman–Crippen LogP) is 4.08. The van der Waals surface area contributed by atoms with Gasteiger partial charge >= 0.3 is 0 Å². The van der Waals surface area contributed by atoms with E-state index < -0.39 is 0 Å². The molecular formula is C16H21BrN2S. The smallest absolute Gasteiger partial charge is 0.0702 e. The molecule has 2 aromatic rings. The Hall–Kier alpha value is -0.680. The van der Waals surface area contributed by atoms with Gasteiger partial charge in [0.2, 0.25) is 0 Å². The molecule has 4 heteroatoms. The third kappa shape index (κ3) is 4.42. The standard InChI is InChI=1S/C16H21BrN2S/c1-19(11-5-8-13-6-3-2-4-7-13)14(12-18)15-9-10-16(17)20-15/h2-4,6-7,9-10,14H,5,8,11-12,18H2,1H3. The van der Waals surface area contributed by atoms with Crippen LogP contribution in [0.15, 0.2) is 46.3 Å². The molecule has 0 aliphatic carbocycles. The van der Waals surface area contributed by atoms with E-state index in [9.17, 15) is 0 Å². The van der Waals surface area contributed by atoms with E-state index in [4.69, 9.17) is 5.73 Å². The number of hydrogen-bond acceptors (Lipinski definition) is 3. The highest BCUT2D eigenvalue weighted by molar-refractivity contribution is 9.11. The molecule has 2 rings (SSSR count). The number of thiophene rings is 1. The van der Waals surface area contributed by atoms with Crippen molar-refractivity contribution in [3.8, 4) is 0 Å². The van der Waals surface area contributed by atoms with Crippen molar-refractivity contribution in [2.24, 2.45) is 5.73 Å². The third-order valence-electron chi connectivity index (χ3n) is 3.50. The largest absolute Gasteiger partial charge is 0.329 e. The summed E-state index contributed by atoms with van der Waals surface area (Å²) in [5.41, 5.74) is 7.35. The van der Waals surface area contributed by atoms with Gasteiger partial charge in [-0.3, -0.25) is 4.90 Å². The van der Waals surface area contributed by atoms with Gasteiger partial charge in [0, 0.05) is 11.4 Å². The van der Waals surface area contributed by atoms with E-state index in [1.807, 2.05) is 0 Å². The molecular weight excluding hydrogens is 332 g/mol. The Morgan fingerprint density at radius 3 is 2.55 bits per heavy atom. The van der Waals surface area contributed by atoms with Gasteiger partial charge in [0.1, 0.15) is 0 Å². The van der Waals surface area contributed by atoms with Crippen molar-refractivity contribution in [2.75, 3.05) is 20.1 Å². The van der Waals surface area contributed by atoms with Crippen molar-refractivity contribution in [3.63, 3.8) is 0 Å². The predicted molar refractivity (Wildman–Crippen MR) is 91.2 cm³/mol. The Labute approximate surface area is 133 Å². The number of hydrogen-bond donors (Lipinski definition) is 1. The lowest BCUT2D eigenvalue weighted by Crippen LogP contribution is -2.30. The van der Waals surface area contributed by atoms with Crippen molar-refractivity contribution in [2.45, 2.75) is 18.9 Å². The second-order valence-electron chi connectivity index (χ2n) is 4.96. The summed E-state index contributed by atoms with van der Waals surface area (Å²) in [7, 11) is 2.16. The summed E-state index contributed by atoms with van der Waals surface area (Å²) in [6.07, 6.45) is 2.28. The molecule has 108 valence electrons. The van der Waals surface area contributed by atoms with E-state index in [0.717, 1.165) is 19.4 Å². The third-order valence-corrected chi connectivity index (χ3v) is 5.22. The minimum Gasteiger partial charge on any atom is -0.329 e. The highest BCUT2D eigenvalue weighted by Gasteiger charge is 2.16. The van der Waals surface area contributed by atoms with Crippen LogP contribution in [0, 0.1) is 0 Å². The molecule has 0 saturated heterocycles. The minimum atomic E-state index is 0.321. The lowest BCUT2D eigenvalue weighted by atomic mass is 10.1. The van der Waals surface area contributed by atoms with Crippen LogP contribution in [0.4, 0.5) is 0 Å². The van der Waals surface area contributed by atoms with E-state index >= 15 is 0 Å². The summed E-state index contributed by atoms with van der Waals surface area (Å²) in [5.74, 6) is 0. The number of rotatable bonds is 7. The molecule has 0 amide bonds. The maximum atomic E-state index is 5.95. The first-order valence-electron chi connectivity index (χ1n) is 6.90. The van der Waals surface area contributed by atoms with Crippen molar-refractivity contribution in [1.29, 1.82) is 0 Å². The summed E-state index contributed by atoms with van der Waals surface area (Å²) in [5, 5.41) is 0. The van der Waals surface area contributed by atoms with E-state index in [0.29, 0.717) is 12.6 Å². The van der Waals surface area contributed by atoms with Crippen molar-refractivity contribution < 1.29 is 0 Å². The fourth-order valence-electron chi connectivity index (χ4n) is 2.35. The average molecular weight is 353 g/mol. The molecule has 2 N–H and O–H groups in total. The first kappa shape index (κ1) is 15.7. The van der Waals surface area contributed by atoms with Gasteiger partial charge in [0.15, 0.2) is 0 Å². The van der Waals surface area contributed by atoms with Crippen LogP contribution in [-0.2, 0) is 6.42 Å². The molecule has 0 radical (unpaired) electrons. The Bertz CT molecular complexity index is 512. The fraction of sp³-hybridized carbons (Fsp3) is 0.375. The molecule has 0 bridgehead atoms. The molecule has 2 nitrogen and oxygen atoms in total. The number of nitrogens with zero attached hydrogens (tertiary/aromatic N) is 1. The van der Waals surface area contributed by atoms with Crippen LogP contribution >= 0.6 is 27.3 Å². The zero-order valence-electron chi connectivity index (χ0n) is 11.8. The SMILES string of the molecule is CN(CCCc1ccccc1)C(CN)c1ccc(Br)s1. The second kappa shape index (κ2) is 7.93. The quantitative estimate of drug-likeness (QED) is 0.813. The molecule has 0 aliphatic heterocycles. The van der Waals surface area contributed by atoms with Crippen LogP contribution in [0.2, 0.25) is 0 Å². The van der Waals surface area contributed by atoms with Gasteiger partial charge in [0.25, 0.3) is 0 Å². The average Bonchev–Trinajstić information content (AvgIpc) is 2.87. The first-order valence-corrected chi connectivity index (χ1v) is 8.51. The molecule has 1 aromatic heterocycles. The summed E-state index contributed by atoms with van der Waals surface area (Å²) in [6.45, 7) is 1.72. The molecule has 0 fully saturated rings. The monoisotopic (exact) mass is 352 g/mol. The maximum absolute atomic E-state index is 5.95. The van der Waals surface area contributed by atoms with Gasteiger partial charge in [0.05, 0.1) is 9.83 Å². The molecule has 1 aromatic carbocycles. The van der Waals surface area contributed by atoms with Crippen LogP contribution in [0.5, 0.6) is 0 Å². The van der Waals surface area contributed by atoms with Crippen LogP contribution in [-0.4, -0.2) is 25.0 Å². The molecule has 20 heavy (non-hydrogen) atoms. The number of halogens is 1. The minimum absolute atomic E-state index is 0.321. The van der Waals surface area contributed by atoms with E-state index in [-0.39, 0.29) is 0 Å². The van der Waals surface area contributed by atoms with Crippen LogP contribution < -0.4 is 5.73 Å². The van der Waals surface area contributed by atoms with Gasteiger partial charge in [-0.1, -0.05) is 30.3 Å². The first-order chi connectivity index (χ1) is 9.70. The van der Waals surface area contributed by atoms with Gasteiger partial charge in [-0.15, -0.1) is 11.3 Å². The Morgan fingerprint density at radius 2 is 1.95 bits per heavy atom. The Balaban J connectivity index is 1.85. The maximum Gasteiger partial charge on any atom is 0.0702 e. The summed E-state index contributed by atoms with van der Waals surface area (Å²) in [4.78, 5) is 3.70. The summed E-state index contributed by atoms with van der Waals surface area (Å²) >= 11 is 5.29. The fourth-order valence-corrected chi connectivity index (χ4v) is 3.96. The van der Waals surface area contributed by atoms with Crippen molar-refractivity contribution >= 4 is 27.3 Å². The van der Waals surface area contributed by atoms with Gasteiger partial charge in [-0.25, -0.2) is 0 Å². The molecule has 0 spiro atoms. The Morgan fingerprint density at radius 1 is 1.20 bits per heavy atom. The number of aryl methyl sites for hydroxylation is 1. The second-order valence-corrected chi connectivity index (χ2v) is 7.46. The van der Waals surface area contributed by atoms with E-state index in [1.54, 1.807) is 11.3 Å². The molecule has 0 aliphatic rings. The van der Waals surface area contributed by atoms with Gasteiger partial charge in [-0.05, 0) is 60.1 Å². The number of likely N-dealkylation sites (N-methyl/N-ethyl adjacent to an activating group) is 1. The van der Waals surface area contributed by atoms with Gasteiger partial charge in [-0.2, -0.15) is 0 Å². The molecule has 0 saturated carbocycles. The van der Waals surface area contributed by atoms with Crippen molar-refractivity contribution in [1.82, 2.24) is 4.90 Å². The molecule has 1 unspecified atom stereocenters. The van der Waals surface area contributed by atoms with Gasteiger partial charge < -0.3 is 5.73 Å². The summed E-state index contributed by atoms with van der Waals surface area (Å²) in [6, 6.07) is 15.2. The zero-order valence-corrected chi connectivity index (χ0v) is 14.2. The highest BCUT2D eigenvalue weighted by Crippen LogP contribution is 2.29. The number of benzene rings is 1. The van der Waals surface area contributed by atoms with Crippen LogP contribution in [0.25, 0.3) is 0 Å². The lowest BCUT2D eigenvalue weighted by Gasteiger charge is -2.26. The molecule has 1 heterocycles. The highest BCUT2D eigenvalue weighted by atomic mass is 79.9. The molecule has 1 atom stereocenters. The van der Waals surface area contributed by atoms with E-state index in [1.165, 1.54) is 14.2 Å². The van der Waals surface area contributed by atoms with Crippen LogP contribution in [0.3, 0.4) is 0 Å². The Kier molecular flexibility index (Phi) is 6.23. The van der Waals surface area contributed by atoms with Crippen LogP contribution in [0.1, 0.15) is 22.9 Å². The van der Waals surface area contributed by atoms with E-state index in [2.05, 4.69) is 70.3 Å². The zero-order chi connectivity index (χ0) is 14.4. The number of nitrogens with two attached hydrogens (primary N) is 1. The topological polar surface area (TPSA) is 29.3 Å².